The molecule has 1 aliphatic rings. The number of amides is 1. The van der Waals surface area contributed by atoms with Crippen LogP contribution in [0.3, 0.4) is 0 Å². The van der Waals surface area contributed by atoms with E-state index in [1.165, 1.54) is 4.90 Å². The molecule has 1 aliphatic heterocycles. The average Bonchev–Trinajstić information content (AvgIpc) is 3.15. The van der Waals surface area contributed by atoms with Crippen molar-refractivity contribution in [2.75, 3.05) is 0 Å². The Bertz CT molecular complexity index is 1150. The number of rotatable bonds is 4. The van der Waals surface area contributed by atoms with Crippen LogP contribution in [0.5, 0.6) is 0 Å². The van der Waals surface area contributed by atoms with Crippen LogP contribution in [0.4, 0.5) is 0 Å². The van der Waals surface area contributed by atoms with Crippen LogP contribution in [0.2, 0.25) is 0 Å². The Balaban J connectivity index is 1.90. The molecular weight excluding hydrogens is 382 g/mol. The number of ketones is 1. The van der Waals surface area contributed by atoms with Crippen LogP contribution >= 0.6 is 0 Å². The van der Waals surface area contributed by atoms with E-state index in [0.717, 1.165) is 5.56 Å². The van der Waals surface area contributed by atoms with Crippen LogP contribution in [0.1, 0.15) is 34.1 Å². The molecule has 0 aliphatic carbocycles. The molecule has 152 valence electrons. The Morgan fingerprint density at radius 3 is 2.43 bits per heavy atom. The molecular formula is C22H21N5O3. The number of aliphatic hydroxyl groups excluding tert-OH is 1. The smallest absolute Gasteiger partial charge is 0.295 e. The van der Waals surface area contributed by atoms with Crippen molar-refractivity contribution in [3.05, 3.63) is 82.7 Å². The molecule has 4 heterocycles. The highest BCUT2D eigenvalue weighted by Crippen LogP contribution is 2.40. The van der Waals surface area contributed by atoms with Gasteiger partial charge in [-0.25, -0.2) is 0 Å². The molecule has 1 fully saturated rings. The van der Waals surface area contributed by atoms with E-state index in [1.807, 2.05) is 13.0 Å². The maximum Gasteiger partial charge on any atom is 0.295 e. The van der Waals surface area contributed by atoms with E-state index in [4.69, 9.17) is 0 Å². The van der Waals surface area contributed by atoms with Gasteiger partial charge < -0.3 is 10.0 Å². The van der Waals surface area contributed by atoms with E-state index < -0.39 is 17.7 Å². The van der Waals surface area contributed by atoms with Gasteiger partial charge in [-0.05, 0) is 43.2 Å². The van der Waals surface area contributed by atoms with Gasteiger partial charge in [0.05, 0.1) is 22.9 Å². The van der Waals surface area contributed by atoms with Crippen molar-refractivity contribution in [1.82, 2.24) is 24.6 Å². The molecule has 1 amide bonds. The van der Waals surface area contributed by atoms with E-state index in [0.29, 0.717) is 22.5 Å². The quantitative estimate of drug-likeness (QED) is 0.408. The molecule has 1 N–H and O–H groups in total. The number of carbonyl (C=O) groups is 2. The normalized spacial score (nSPS) is 18.2. The predicted molar refractivity (Wildman–Crippen MR) is 109 cm³/mol. The summed E-state index contributed by atoms with van der Waals surface area (Å²) >= 11 is 0. The van der Waals surface area contributed by atoms with Gasteiger partial charge in [0, 0.05) is 44.1 Å². The zero-order valence-corrected chi connectivity index (χ0v) is 16.9. The molecule has 0 spiro atoms. The minimum absolute atomic E-state index is 0.0503. The lowest BCUT2D eigenvalue weighted by atomic mass is 9.95. The van der Waals surface area contributed by atoms with Crippen molar-refractivity contribution in [2.24, 2.45) is 7.05 Å². The second kappa shape index (κ2) is 7.55. The van der Waals surface area contributed by atoms with E-state index in [1.54, 1.807) is 61.6 Å². The van der Waals surface area contributed by atoms with Gasteiger partial charge in [0.15, 0.2) is 0 Å². The first-order valence-corrected chi connectivity index (χ1v) is 9.48. The summed E-state index contributed by atoms with van der Waals surface area (Å²) in [5, 5.41) is 15.5. The maximum absolute atomic E-state index is 13.1. The SMILES string of the molecule is Cc1nn(C)c(C)c1C(O)=C1C(=O)C(=O)N(Cc2cccnc2)[C@H]1c1ccncc1. The monoisotopic (exact) mass is 403 g/mol. The summed E-state index contributed by atoms with van der Waals surface area (Å²) in [7, 11) is 1.76. The van der Waals surface area contributed by atoms with Gasteiger partial charge in [-0.1, -0.05) is 6.07 Å². The number of carbonyl (C=O) groups excluding carboxylic acids is 2. The summed E-state index contributed by atoms with van der Waals surface area (Å²) in [6.45, 7) is 3.75. The maximum atomic E-state index is 13.1. The highest BCUT2D eigenvalue weighted by molar-refractivity contribution is 6.46. The fourth-order valence-electron chi connectivity index (χ4n) is 3.87. The lowest BCUT2D eigenvalue weighted by Crippen LogP contribution is -2.29. The molecule has 0 saturated carbocycles. The molecule has 0 aromatic carbocycles. The summed E-state index contributed by atoms with van der Waals surface area (Å²) in [6.07, 6.45) is 6.49. The van der Waals surface area contributed by atoms with Crippen LogP contribution in [0.15, 0.2) is 54.6 Å². The molecule has 4 rings (SSSR count). The zero-order valence-electron chi connectivity index (χ0n) is 16.9. The summed E-state index contributed by atoms with van der Waals surface area (Å²) in [5.41, 5.74) is 3.28. The van der Waals surface area contributed by atoms with Gasteiger partial charge in [0.2, 0.25) is 0 Å². The number of nitrogens with zero attached hydrogens (tertiary/aromatic N) is 5. The molecule has 3 aromatic rings. The van der Waals surface area contributed by atoms with Crippen LogP contribution in [0.25, 0.3) is 5.76 Å². The molecule has 3 aromatic heterocycles. The lowest BCUT2D eigenvalue weighted by Gasteiger charge is -2.25. The topological polar surface area (TPSA) is 101 Å². The first-order valence-electron chi connectivity index (χ1n) is 9.48. The van der Waals surface area contributed by atoms with E-state index >= 15 is 0 Å². The van der Waals surface area contributed by atoms with Crippen molar-refractivity contribution in [3.63, 3.8) is 0 Å². The van der Waals surface area contributed by atoms with E-state index in [2.05, 4.69) is 15.1 Å². The molecule has 1 atom stereocenters. The molecule has 8 nitrogen and oxygen atoms in total. The van der Waals surface area contributed by atoms with Gasteiger partial charge in [-0.3, -0.25) is 24.2 Å². The first-order chi connectivity index (χ1) is 14.4. The summed E-state index contributed by atoms with van der Waals surface area (Å²) < 4.78 is 1.64. The number of aliphatic hydroxyl groups is 1. The van der Waals surface area contributed by atoms with Gasteiger partial charge in [0.1, 0.15) is 5.76 Å². The summed E-state index contributed by atoms with van der Waals surface area (Å²) in [5.74, 6) is -1.60. The lowest BCUT2D eigenvalue weighted by molar-refractivity contribution is -0.140. The standard InChI is InChI=1S/C22H21N5O3/c1-13-17(14(2)26(3)25-13)20(28)18-19(16-6-9-23-10-7-16)27(22(30)21(18)29)12-15-5-4-8-24-11-15/h4-11,19,28H,12H2,1-3H3/t19-/m0/s1. The van der Waals surface area contributed by atoms with Crippen LogP contribution in [-0.4, -0.2) is 41.4 Å². The van der Waals surface area contributed by atoms with Crippen molar-refractivity contribution in [1.29, 1.82) is 0 Å². The summed E-state index contributed by atoms with van der Waals surface area (Å²) in [6, 6.07) is 6.35. The number of pyridine rings is 2. The molecule has 0 radical (unpaired) electrons. The second-order valence-electron chi connectivity index (χ2n) is 7.24. The average molecular weight is 403 g/mol. The minimum Gasteiger partial charge on any atom is -0.507 e. The molecule has 30 heavy (non-hydrogen) atoms. The third-order valence-corrected chi connectivity index (χ3v) is 5.38. The van der Waals surface area contributed by atoms with Crippen molar-refractivity contribution in [3.8, 4) is 0 Å². The summed E-state index contributed by atoms with van der Waals surface area (Å²) in [4.78, 5) is 35.6. The first kappa shape index (κ1) is 19.5. The Hall–Kier alpha value is -3.81. The van der Waals surface area contributed by atoms with Gasteiger partial charge in [0.25, 0.3) is 11.7 Å². The van der Waals surface area contributed by atoms with Gasteiger partial charge >= 0.3 is 0 Å². The zero-order chi connectivity index (χ0) is 21.4. The van der Waals surface area contributed by atoms with E-state index in [-0.39, 0.29) is 17.9 Å². The third-order valence-electron chi connectivity index (χ3n) is 5.38. The van der Waals surface area contributed by atoms with E-state index in [9.17, 15) is 14.7 Å². The number of aromatic nitrogens is 4. The Morgan fingerprint density at radius 2 is 1.83 bits per heavy atom. The third kappa shape index (κ3) is 3.16. The van der Waals surface area contributed by atoms with Gasteiger partial charge in [-0.2, -0.15) is 5.10 Å². The van der Waals surface area contributed by atoms with Crippen molar-refractivity contribution >= 4 is 17.4 Å². The number of Topliss-reactive ketones (excluding diaryl/α,β-unsaturated/α-hetero) is 1. The molecule has 8 heteroatoms. The highest BCUT2D eigenvalue weighted by atomic mass is 16.3. The van der Waals surface area contributed by atoms with Crippen LogP contribution < -0.4 is 0 Å². The molecule has 0 unspecified atom stereocenters. The van der Waals surface area contributed by atoms with Crippen molar-refractivity contribution < 1.29 is 14.7 Å². The molecule has 0 bridgehead atoms. The fourth-order valence-corrected chi connectivity index (χ4v) is 3.87. The number of likely N-dealkylation sites (tertiary alicyclic amines) is 1. The van der Waals surface area contributed by atoms with Gasteiger partial charge in [-0.15, -0.1) is 0 Å². The fraction of sp³-hybridized carbons (Fsp3) is 0.227. The van der Waals surface area contributed by atoms with Crippen LogP contribution in [-0.2, 0) is 23.2 Å². The largest absolute Gasteiger partial charge is 0.507 e. The predicted octanol–water partition coefficient (Wildman–Crippen LogP) is 2.45. The van der Waals surface area contributed by atoms with Crippen LogP contribution in [0, 0.1) is 13.8 Å². The van der Waals surface area contributed by atoms with Crippen molar-refractivity contribution in [2.45, 2.75) is 26.4 Å². The molecule has 1 saturated heterocycles. The number of aryl methyl sites for hydroxylation is 2. The minimum atomic E-state index is -0.743. The highest BCUT2D eigenvalue weighted by Gasteiger charge is 2.46. The number of hydrogen-bond acceptors (Lipinski definition) is 6. The number of hydrogen-bond donors (Lipinski definition) is 1. The Morgan fingerprint density at radius 1 is 1.10 bits per heavy atom. The second-order valence-corrected chi connectivity index (χ2v) is 7.24. The Labute approximate surface area is 173 Å². The Kier molecular flexibility index (Phi) is 4.91.